The van der Waals surface area contributed by atoms with E-state index in [1.165, 1.54) is 12.8 Å². The zero-order chi connectivity index (χ0) is 10.2. The van der Waals surface area contributed by atoms with Crippen molar-refractivity contribution in [1.82, 2.24) is 0 Å². The molecule has 0 aliphatic rings. The molecule has 0 fully saturated rings. The summed E-state index contributed by atoms with van der Waals surface area (Å²) >= 11 is 16.6. The van der Waals surface area contributed by atoms with Crippen LogP contribution in [0.3, 0.4) is 0 Å². The molecule has 0 saturated heterocycles. The van der Waals surface area contributed by atoms with Crippen molar-refractivity contribution in [3.63, 3.8) is 0 Å². The summed E-state index contributed by atoms with van der Waals surface area (Å²) in [5.41, 5.74) is 0. The highest BCUT2D eigenvalue weighted by atomic mass is 35.8. The van der Waals surface area contributed by atoms with Gasteiger partial charge in [0.2, 0.25) is 0 Å². The largest absolute Gasteiger partial charge is 0.493 e. The Kier molecular flexibility index (Phi) is 8.62. The molecule has 0 N–H and O–H groups in total. The molecule has 0 rings (SSSR count). The van der Waals surface area contributed by atoms with E-state index in [1.807, 2.05) is 6.08 Å². The molecule has 0 radical (unpaired) electrons. The molecule has 0 aromatic heterocycles. The average Bonchev–Trinajstić information content (AvgIpc) is 2.01. The van der Waals surface area contributed by atoms with E-state index in [2.05, 4.69) is 6.58 Å². The van der Waals surface area contributed by atoms with Crippen LogP contribution in [0.2, 0.25) is 0 Å². The second-order valence-corrected chi connectivity index (χ2v) is 10.5. The number of rotatable bonds is 8. The Hall–Kier alpha value is 0.787. The normalized spacial score (nSPS) is 11.6. The summed E-state index contributed by atoms with van der Waals surface area (Å²) in [5, 5.41) is 0. The molecule has 0 unspecified atom stereocenters. The van der Waals surface area contributed by atoms with Gasteiger partial charge in [-0.2, -0.15) is 0 Å². The van der Waals surface area contributed by atoms with Crippen LogP contribution >= 0.6 is 33.2 Å². The molecule has 0 amide bonds. The van der Waals surface area contributed by atoms with Gasteiger partial charge in [0.1, 0.15) is 0 Å². The molecular formula is C8H15Cl3OSi. The highest BCUT2D eigenvalue weighted by Crippen LogP contribution is 2.21. The summed E-state index contributed by atoms with van der Waals surface area (Å²) in [6, 6.07) is 0. The zero-order valence-corrected chi connectivity index (χ0v) is 10.8. The Morgan fingerprint density at radius 3 is 2.23 bits per heavy atom. The van der Waals surface area contributed by atoms with Crippen LogP contribution in [0.1, 0.15) is 32.1 Å². The Balaban J connectivity index is 3.04. The summed E-state index contributed by atoms with van der Waals surface area (Å²) in [7, 11) is 0. The highest BCUT2D eigenvalue weighted by molar-refractivity contribution is 7.62. The second kappa shape index (κ2) is 8.12. The molecule has 78 valence electrons. The Morgan fingerprint density at radius 1 is 1.08 bits per heavy atom. The second-order valence-electron chi connectivity index (χ2n) is 2.79. The molecule has 0 spiro atoms. The van der Waals surface area contributed by atoms with Crippen LogP contribution in [-0.4, -0.2) is 12.9 Å². The van der Waals surface area contributed by atoms with E-state index in [0.717, 1.165) is 19.3 Å². The van der Waals surface area contributed by atoms with Crippen molar-refractivity contribution in [2.75, 3.05) is 6.61 Å². The van der Waals surface area contributed by atoms with Crippen molar-refractivity contribution in [2.24, 2.45) is 0 Å². The van der Waals surface area contributed by atoms with Crippen LogP contribution in [0.15, 0.2) is 12.7 Å². The van der Waals surface area contributed by atoms with Gasteiger partial charge in [0.05, 0.1) is 0 Å². The number of allylic oxidation sites excluding steroid dienone is 1. The summed E-state index contributed by atoms with van der Waals surface area (Å²) in [6.45, 7) is 4.22. The summed E-state index contributed by atoms with van der Waals surface area (Å²) in [6.07, 6.45) is 4.67. The highest BCUT2D eigenvalue weighted by Gasteiger charge is 2.26. The lowest BCUT2D eigenvalue weighted by molar-refractivity contribution is 0.320. The third-order valence-corrected chi connectivity index (χ3v) is 3.08. The minimum absolute atomic E-state index is 0.566. The molecule has 0 aromatic carbocycles. The number of hydrogen-bond acceptors (Lipinski definition) is 1. The predicted molar refractivity (Wildman–Crippen MR) is 62.5 cm³/mol. The fourth-order valence-corrected chi connectivity index (χ4v) is 2.00. The molecule has 5 heteroatoms. The number of hydrogen-bond donors (Lipinski definition) is 0. The van der Waals surface area contributed by atoms with Crippen molar-refractivity contribution in [2.45, 2.75) is 32.1 Å². The predicted octanol–water partition coefficient (Wildman–Crippen LogP) is 4.29. The summed E-state index contributed by atoms with van der Waals surface area (Å²) in [4.78, 5) is 0. The van der Waals surface area contributed by atoms with Gasteiger partial charge in [-0.25, -0.2) is 0 Å². The van der Waals surface area contributed by atoms with Crippen molar-refractivity contribution < 1.29 is 4.43 Å². The lowest BCUT2D eigenvalue weighted by atomic mass is 10.1. The van der Waals surface area contributed by atoms with E-state index >= 15 is 0 Å². The maximum absolute atomic E-state index is 5.53. The van der Waals surface area contributed by atoms with Crippen LogP contribution in [0.5, 0.6) is 0 Å². The molecule has 1 nitrogen and oxygen atoms in total. The first kappa shape index (κ1) is 13.8. The Morgan fingerprint density at radius 2 is 1.69 bits per heavy atom. The summed E-state index contributed by atoms with van der Waals surface area (Å²) < 4.78 is 5.05. The molecular weight excluding hydrogens is 247 g/mol. The lowest BCUT2D eigenvalue weighted by Crippen LogP contribution is -2.16. The maximum atomic E-state index is 5.53. The van der Waals surface area contributed by atoms with Crippen LogP contribution < -0.4 is 0 Å². The van der Waals surface area contributed by atoms with Crippen LogP contribution in [0.25, 0.3) is 0 Å². The topological polar surface area (TPSA) is 9.23 Å². The van der Waals surface area contributed by atoms with Gasteiger partial charge < -0.3 is 4.43 Å². The fourth-order valence-electron chi connectivity index (χ4n) is 0.932. The maximum Gasteiger partial charge on any atom is 0.493 e. The molecule has 0 aromatic rings. The Labute approximate surface area is 95.2 Å². The van der Waals surface area contributed by atoms with E-state index in [9.17, 15) is 0 Å². The van der Waals surface area contributed by atoms with Crippen molar-refractivity contribution >= 4 is 39.5 Å². The van der Waals surface area contributed by atoms with Crippen molar-refractivity contribution in [1.29, 1.82) is 0 Å². The molecule has 0 heterocycles. The van der Waals surface area contributed by atoms with Crippen LogP contribution in [-0.2, 0) is 4.43 Å². The average molecular weight is 262 g/mol. The number of halogens is 3. The SMILES string of the molecule is C=CCCCCCCO[Si](Cl)(Cl)Cl. The Bertz CT molecular complexity index is 136. The van der Waals surface area contributed by atoms with Gasteiger partial charge in [0, 0.05) is 6.61 Å². The van der Waals surface area contributed by atoms with Crippen molar-refractivity contribution in [3.8, 4) is 0 Å². The van der Waals surface area contributed by atoms with Crippen molar-refractivity contribution in [3.05, 3.63) is 12.7 Å². The van der Waals surface area contributed by atoms with E-state index in [-0.39, 0.29) is 0 Å². The van der Waals surface area contributed by atoms with Crippen LogP contribution in [0, 0.1) is 0 Å². The minimum atomic E-state index is -2.83. The smallest absolute Gasteiger partial charge is 0.381 e. The monoisotopic (exact) mass is 260 g/mol. The number of unbranched alkanes of at least 4 members (excludes halogenated alkanes) is 4. The molecule has 0 bridgehead atoms. The quantitative estimate of drug-likeness (QED) is 0.274. The lowest BCUT2D eigenvalue weighted by Gasteiger charge is -2.08. The van der Waals surface area contributed by atoms with Gasteiger partial charge in [-0.05, 0) is 19.3 Å². The standard InChI is InChI=1S/C8H15Cl3OSi/c1-2-3-4-5-6-7-8-12-13(9,10)11/h2H,1,3-8H2. The first-order valence-electron chi connectivity index (χ1n) is 4.38. The first-order chi connectivity index (χ1) is 6.06. The fraction of sp³-hybridized carbons (Fsp3) is 0.750. The molecule has 0 aliphatic carbocycles. The third kappa shape index (κ3) is 12.8. The molecule has 0 aliphatic heterocycles. The molecule has 0 saturated carbocycles. The zero-order valence-electron chi connectivity index (χ0n) is 7.57. The first-order valence-corrected chi connectivity index (χ1v) is 9.32. The van der Waals surface area contributed by atoms with Crippen LogP contribution in [0.4, 0.5) is 0 Å². The van der Waals surface area contributed by atoms with Gasteiger partial charge in [-0.1, -0.05) is 52.2 Å². The van der Waals surface area contributed by atoms with Gasteiger partial charge >= 0.3 is 6.25 Å². The molecule has 0 atom stereocenters. The van der Waals surface area contributed by atoms with E-state index in [1.54, 1.807) is 0 Å². The third-order valence-electron chi connectivity index (χ3n) is 1.57. The summed E-state index contributed by atoms with van der Waals surface area (Å²) in [5.74, 6) is 0. The van der Waals surface area contributed by atoms with E-state index in [0.29, 0.717) is 6.61 Å². The van der Waals surface area contributed by atoms with E-state index in [4.69, 9.17) is 37.7 Å². The van der Waals surface area contributed by atoms with E-state index < -0.39 is 6.25 Å². The van der Waals surface area contributed by atoms with Gasteiger partial charge in [-0.3, -0.25) is 0 Å². The molecule has 13 heavy (non-hydrogen) atoms. The van der Waals surface area contributed by atoms with Gasteiger partial charge in [0.15, 0.2) is 0 Å². The minimum Gasteiger partial charge on any atom is -0.381 e. The van der Waals surface area contributed by atoms with Gasteiger partial charge in [0.25, 0.3) is 0 Å². The van der Waals surface area contributed by atoms with Gasteiger partial charge in [-0.15, -0.1) is 6.58 Å².